The lowest BCUT2D eigenvalue weighted by atomic mass is 10.1. The van der Waals surface area contributed by atoms with Crippen molar-refractivity contribution in [2.24, 2.45) is 0 Å². The molecule has 0 spiro atoms. The van der Waals surface area contributed by atoms with E-state index in [-0.39, 0.29) is 5.91 Å². The van der Waals surface area contributed by atoms with Crippen molar-refractivity contribution < 1.29 is 9.53 Å². The first-order valence-electron chi connectivity index (χ1n) is 9.65. The van der Waals surface area contributed by atoms with Crippen molar-refractivity contribution in [1.29, 1.82) is 0 Å². The van der Waals surface area contributed by atoms with Crippen LogP contribution in [-0.2, 0) is 4.79 Å². The fraction of sp³-hybridized carbons (Fsp3) is 0.364. The van der Waals surface area contributed by atoms with E-state index in [0.29, 0.717) is 13.1 Å². The molecule has 1 unspecified atom stereocenters. The van der Waals surface area contributed by atoms with Crippen molar-refractivity contribution in [3.8, 4) is 5.75 Å². The average molecular weight is 396 g/mol. The van der Waals surface area contributed by atoms with Gasteiger partial charge >= 0.3 is 0 Å². The van der Waals surface area contributed by atoms with Gasteiger partial charge in [-0.15, -0.1) is 0 Å². The molecule has 1 amide bonds. The number of amides is 1. The minimum Gasteiger partial charge on any atom is -0.481 e. The van der Waals surface area contributed by atoms with Gasteiger partial charge in [0.05, 0.1) is 10.2 Å². The van der Waals surface area contributed by atoms with Gasteiger partial charge in [-0.05, 0) is 44.0 Å². The molecule has 4 rings (SSSR count). The Morgan fingerprint density at radius 2 is 1.71 bits per heavy atom. The molecule has 0 radical (unpaired) electrons. The van der Waals surface area contributed by atoms with E-state index in [0.717, 1.165) is 29.5 Å². The Morgan fingerprint density at radius 1 is 1.04 bits per heavy atom. The van der Waals surface area contributed by atoms with E-state index in [1.807, 2.05) is 42.2 Å². The Bertz CT molecular complexity index is 939. The number of fused-ring (bicyclic) bond motifs is 1. The fourth-order valence-electron chi connectivity index (χ4n) is 3.51. The molecule has 1 fully saturated rings. The van der Waals surface area contributed by atoms with E-state index in [9.17, 15) is 4.79 Å². The molecule has 1 aliphatic rings. The molecule has 1 atom stereocenters. The number of ether oxygens (including phenoxy) is 1. The number of anilines is 1. The summed E-state index contributed by atoms with van der Waals surface area (Å²) in [5.41, 5.74) is 3.58. The standard InChI is InChI=1S/C22H25N3O2S/c1-15-9-10-16(2)20-19(15)23-22(28-20)25-13-11-24(12-14-25)21(26)17(3)27-18-7-5-4-6-8-18/h4-10,17H,11-14H2,1-3H3. The molecular weight excluding hydrogens is 370 g/mol. The van der Waals surface area contributed by atoms with Gasteiger partial charge in [0.15, 0.2) is 11.2 Å². The summed E-state index contributed by atoms with van der Waals surface area (Å²) in [6, 6.07) is 13.8. The zero-order valence-electron chi connectivity index (χ0n) is 16.5. The van der Waals surface area contributed by atoms with Crippen LogP contribution in [0.3, 0.4) is 0 Å². The molecule has 2 aromatic carbocycles. The Labute approximate surface area is 169 Å². The van der Waals surface area contributed by atoms with Gasteiger partial charge in [-0.3, -0.25) is 4.79 Å². The zero-order chi connectivity index (χ0) is 19.7. The quantitative estimate of drug-likeness (QED) is 0.669. The molecule has 6 heteroatoms. The number of piperazine rings is 1. The molecule has 3 aromatic rings. The first kappa shape index (κ1) is 18.7. The third-order valence-electron chi connectivity index (χ3n) is 5.20. The van der Waals surface area contributed by atoms with Crippen LogP contribution in [0.5, 0.6) is 5.75 Å². The number of aryl methyl sites for hydroxylation is 2. The Balaban J connectivity index is 1.40. The van der Waals surface area contributed by atoms with Crippen molar-refractivity contribution in [3.05, 3.63) is 53.6 Å². The summed E-state index contributed by atoms with van der Waals surface area (Å²) in [6.45, 7) is 9.03. The van der Waals surface area contributed by atoms with Crippen LogP contribution in [0.25, 0.3) is 10.2 Å². The number of hydrogen-bond donors (Lipinski definition) is 0. The Kier molecular flexibility index (Phi) is 5.22. The largest absolute Gasteiger partial charge is 0.481 e. The maximum Gasteiger partial charge on any atom is 0.263 e. The molecule has 2 heterocycles. The van der Waals surface area contributed by atoms with E-state index in [4.69, 9.17) is 9.72 Å². The van der Waals surface area contributed by atoms with E-state index in [2.05, 4.69) is 30.9 Å². The van der Waals surface area contributed by atoms with Crippen molar-refractivity contribution in [1.82, 2.24) is 9.88 Å². The van der Waals surface area contributed by atoms with Gasteiger partial charge in [-0.1, -0.05) is 41.7 Å². The number of nitrogens with zero attached hydrogens (tertiary/aromatic N) is 3. The second-order valence-electron chi connectivity index (χ2n) is 7.26. The van der Waals surface area contributed by atoms with Crippen LogP contribution in [0.1, 0.15) is 18.1 Å². The Hall–Kier alpha value is -2.60. The van der Waals surface area contributed by atoms with E-state index < -0.39 is 6.10 Å². The highest BCUT2D eigenvalue weighted by Crippen LogP contribution is 2.33. The summed E-state index contributed by atoms with van der Waals surface area (Å²) >= 11 is 1.75. The van der Waals surface area contributed by atoms with Crippen LogP contribution in [0.2, 0.25) is 0 Å². The molecular formula is C22H25N3O2S. The van der Waals surface area contributed by atoms with E-state index >= 15 is 0 Å². The minimum absolute atomic E-state index is 0.0412. The predicted octanol–water partition coefficient (Wildman–Crippen LogP) is 4.03. The first-order chi connectivity index (χ1) is 13.5. The molecule has 0 N–H and O–H groups in total. The molecule has 1 saturated heterocycles. The number of para-hydroxylation sites is 1. The van der Waals surface area contributed by atoms with Crippen LogP contribution in [0.4, 0.5) is 5.13 Å². The summed E-state index contributed by atoms with van der Waals surface area (Å²) in [5.74, 6) is 0.765. The molecule has 1 aliphatic heterocycles. The maximum atomic E-state index is 12.7. The lowest BCUT2D eigenvalue weighted by Crippen LogP contribution is -2.52. The normalized spacial score (nSPS) is 15.7. The lowest BCUT2D eigenvalue weighted by Gasteiger charge is -2.35. The number of aromatic nitrogens is 1. The summed E-state index contributed by atoms with van der Waals surface area (Å²) < 4.78 is 7.05. The van der Waals surface area contributed by atoms with Crippen LogP contribution in [-0.4, -0.2) is 48.1 Å². The van der Waals surface area contributed by atoms with Crippen molar-refractivity contribution in [2.45, 2.75) is 26.9 Å². The number of rotatable bonds is 4. The van der Waals surface area contributed by atoms with Crippen molar-refractivity contribution in [2.75, 3.05) is 31.1 Å². The molecule has 0 bridgehead atoms. The predicted molar refractivity (Wildman–Crippen MR) is 114 cm³/mol. The molecule has 1 aromatic heterocycles. The van der Waals surface area contributed by atoms with Crippen LogP contribution >= 0.6 is 11.3 Å². The monoisotopic (exact) mass is 395 g/mol. The zero-order valence-corrected chi connectivity index (χ0v) is 17.3. The van der Waals surface area contributed by atoms with Gasteiger partial charge in [-0.2, -0.15) is 0 Å². The number of carbonyl (C=O) groups is 1. The first-order valence-corrected chi connectivity index (χ1v) is 10.5. The third kappa shape index (κ3) is 3.69. The van der Waals surface area contributed by atoms with Crippen molar-refractivity contribution in [3.63, 3.8) is 0 Å². The highest BCUT2D eigenvalue weighted by Gasteiger charge is 2.27. The maximum absolute atomic E-state index is 12.7. The second kappa shape index (κ2) is 7.80. The van der Waals surface area contributed by atoms with Gasteiger partial charge in [0, 0.05) is 26.2 Å². The fourth-order valence-corrected chi connectivity index (χ4v) is 4.68. The van der Waals surface area contributed by atoms with E-state index in [1.54, 1.807) is 11.3 Å². The average Bonchev–Trinajstić information content (AvgIpc) is 3.18. The molecule has 0 aliphatic carbocycles. The van der Waals surface area contributed by atoms with E-state index in [1.165, 1.54) is 15.8 Å². The van der Waals surface area contributed by atoms with Gasteiger partial charge < -0.3 is 14.5 Å². The SMILES string of the molecule is Cc1ccc(C)c2sc(N3CCN(C(=O)C(C)Oc4ccccc4)CC3)nc12. The van der Waals surface area contributed by atoms with Gasteiger partial charge in [0.2, 0.25) is 0 Å². The smallest absolute Gasteiger partial charge is 0.263 e. The number of hydrogen-bond acceptors (Lipinski definition) is 5. The lowest BCUT2D eigenvalue weighted by molar-refractivity contribution is -0.138. The highest BCUT2D eigenvalue weighted by molar-refractivity contribution is 7.22. The van der Waals surface area contributed by atoms with Crippen molar-refractivity contribution >= 4 is 32.6 Å². The molecule has 0 saturated carbocycles. The van der Waals surface area contributed by atoms with Gasteiger partial charge in [0.25, 0.3) is 5.91 Å². The van der Waals surface area contributed by atoms with Gasteiger partial charge in [-0.25, -0.2) is 4.98 Å². The Morgan fingerprint density at radius 3 is 2.39 bits per heavy atom. The summed E-state index contributed by atoms with van der Waals surface area (Å²) in [7, 11) is 0. The second-order valence-corrected chi connectivity index (χ2v) is 8.24. The third-order valence-corrected chi connectivity index (χ3v) is 6.45. The summed E-state index contributed by atoms with van der Waals surface area (Å²) in [6.07, 6.45) is -0.485. The number of benzene rings is 2. The summed E-state index contributed by atoms with van der Waals surface area (Å²) in [5, 5.41) is 1.05. The topological polar surface area (TPSA) is 45.7 Å². The molecule has 5 nitrogen and oxygen atoms in total. The molecule has 146 valence electrons. The van der Waals surface area contributed by atoms with Gasteiger partial charge in [0.1, 0.15) is 5.75 Å². The van der Waals surface area contributed by atoms with Crippen LogP contribution in [0.15, 0.2) is 42.5 Å². The highest BCUT2D eigenvalue weighted by atomic mass is 32.1. The summed E-state index contributed by atoms with van der Waals surface area (Å²) in [4.78, 5) is 21.8. The molecule has 28 heavy (non-hydrogen) atoms. The minimum atomic E-state index is -0.485. The van der Waals surface area contributed by atoms with Crippen LogP contribution < -0.4 is 9.64 Å². The van der Waals surface area contributed by atoms with Crippen LogP contribution in [0, 0.1) is 13.8 Å². The number of carbonyl (C=O) groups excluding carboxylic acids is 1. The number of thiazole rings is 1.